The summed E-state index contributed by atoms with van der Waals surface area (Å²) < 4.78 is 0. The van der Waals surface area contributed by atoms with Crippen LogP contribution in [0.4, 0.5) is 0 Å². The van der Waals surface area contributed by atoms with Gasteiger partial charge in [-0.15, -0.1) is 11.8 Å². The van der Waals surface area contributed by atoms with E-state index < -0.39 is 0 Å². The second-order valence-corrected chi connectivity index (χ2v) is 4.70. The highest BCUT2D eigenvalue weighted by atomic mass is 14.9. The van der Waals surface area contributed by atoms with Crippen molar-refractivity contribution >= 4 is 0 Å². The Balaban J connectivity index is 2.04. The molecule has 2 rings (SSSR count). The summed E-state index contributed by atoms with van der Waals surface area (Å²) in [7, 11) is 0. The summed E-state index contributed by atoms with van der Waals surface area (Å²) in [5.74, 6) is 6.90. The van der Waals surface area contributed by atoms with Crippen LogP contribution in [0.2, 0.25) is 0 Å². The fraction of sp³-hybridized carbons (Fsp3) is 0.500. The number of hydrogen-bond acceptors (Lipinski definition) is 1. The first-order valence-electron chi connectivity index (χ1n) is 6.57. The summed E-state index contributed by atoms with van der Waals surface area (Å²) in [6.07, 6.45) is 3.36. The number of hydrogen-bond donors (Lipinski definition) is 1. The van der Waals surface area contributed by atoms with E-state index in [2.05, 4.69) is 48.3 Å². The molecule has 1 nitrogen and oxygen atoms in total. The lowest BCUT2D eigenvalue weighted by Crippen LogP contribution is -2.40. The normalized spacial score (nSPS) is 18.6. The molecule has 1 N–H and O–H groups in total. The average molecular weight is 227 g/mol. The fourth-order valence-electron chi connectivity index (χ4n) is 2.56. The first-order valence-corrected chi connectivity index (χ1v) is 6.57. The van der Waals surface area contributed by atoms with Crippen LogP contribution in [0, 0.1) is 11.8 Å². The van der Waals surface area contributed by atoms with Crippen molar-refractivity contribution in [1.29, 1.82) is 0 Å². The SMILES string of the molecule is CC#CCC(NCCC)C1Cc2ccccc21. The van der Waals surface area contributed by atoms with Crippen LogP contribution in [0.15, 0.2) is 24.3 Å². The molecule has 0 aliphatic heterocycles. The maximum Gasteiger partial charge on any atom is 0.0249 e. The molecule has 0 fully saturated rings. The van der Waals surface area contributed by atoms with Gasteiger partial charge in [-0.05, 0) is 37.4 Å². The van der Waals surface area contributed by atoms with Gasteiger partial charge in [-0.1, -0.05) is 31.2 Å². The molecule has 0 saturated heterocycles. The van der Waals surface area contributed by atoms with Crippen molar-refractivity contribution < 1.29 is 0 Å². The van der Waals surface area contributed by atoms with E-state index in [4.69, 9.17) is 0 Å². The van der Waals surface area contributed by atoms with Crippen LogP contribution in [-0.2, 0) is 6.42 Å². The fourth-order valence-corrected chi connectivity index (χ4v) is 2.56. The van der Waals surface area contributed by atoms with E-state index in [0.29, 0.717) is 12.0 Å². The quantitative estimate of drug-likeness (QED) is 0.762. The molecule has 17 heavy (non-hydrogen) atoms. The van der Waals surface area contributed by atoms with Crippen molar-refractivity contribution in [3.8, 4) is 11.8 Å². The van der Waals surface area contributed by atoms with Crippen LogP contribution < -0.4 is 5.32 Å². The minimum absolute atomic E-state index is 0.525. The summed E-state index contributed by atoms with van der Waals surface area (Å²) in [4.78, 5) is 0. The Kier molecular flexibility index (Phi) is 4.23. The lowest BCUT2D eigenvalue weighted by Gasteiger charge is -2.36. The molecule has 0 spiro atoms. The largest absolute Gasteiger partial charge is 0.312 e. The van der Waals surface area contributed by atoms with Crippen molar-refractivity contribution in [3.63, 3.8) is 0 Å². The molecule has 90 valence electrons. The van der Waals surface area contributed by atoms with E-state index in [1.807, 2.05) is 6.92 Å². The molecule has 0 radical (unpaired) electrons. The van der Waals surface area contributed by atoms with E-state index in [1.54, 1.807) is 0 Å². The maximum absolute atomic E-state index is 3.64. The van der Waals surface area contributed by atoms with Crippen LogP contribution >= 0.6 is 0 Å². The van der Waals surface area contributed by atoms with E-state index >= 15 is 0 Å². The van der Waals surface area contributed by atoms with Crippen molar-refractivity contribution in [1.82, 2.24) is 5.32 Å². The summed E-state index contributed by atoms with van der Waals surface area (Å²) in [6.45, 7) is 5.23. The van der Waals surface area contributed by atoms with Crippen molar-refractivity contribution in [2.75, 3.05) is 6.54 Å². The van der Waals surface area contributed by atoms with Crippen molar-refractivity contribution in [3.05, 3.63) is 35.4 Å². The highest BCUT2D eigenvalue weighted by Crippen LogP contribution is 2.38. The molecular weight excluding hydrogens is 206 g/mol. The van der Waals surface area contributed by atoms with Gasteiger partial charge in [0.2, 0.25) is 0 Å². The van der Waals surface area contributed by atoms with Gasteiger partial charge in [0.25, 0.3) is 0 Å². The standard InChI is InChI=1S/C16H21N/c1-3-5-10-16(17-11-4-2)15-12-13-8-6-7-9-14(13)15/h6-9,15-17H,4,10-12H2,1-2H3. The van der Waals surface area contributed by atoms with Crippen LogP contribution in [0.3, 0.4) is 0 Å². The molecule has 0 saturated carbocycles. The lowest BCUT2D eigenvalue weighted by molar-refractivity contribution is 0.406. The lowest BCUT2D eigenvalue weighted by atomic mass is 9.72. The molecule has 1 aromatic rings. The number of fused-ring (bicyclic) bond motifs is 1. The van der Waals surface area contributed by atoms with Crippen LogP contribution in [0.1, 0.15) is 43.7 Å². The third-order valence-electron chi connectivity index (χ3n) is 3.54. The molecule has 1 heteroatoms. The smallest absolute Gasteiger partial charge is 0.0249 e. The summed E-state index contributed by atoms with van der Waals surface area (Å²) in [5.41, 5.74) is 3.05. The zero-order valence-corrected chi connectivity index (χ0v) is 10.8. The van der Waals surface area contributed by atoms with Gasteiger partial charge in [0, 0.05) is 18.4 Å². The molecule has 2 atom stereocenters. The molecule has 0 bridgehead atoms. The van der Waals surface area contributed by atoms with Crippen molar-refractivity contribution in [2.45, 2.75) is 45.1 Å². The zero-order valence-electron chi connectivity index (χ0n) is 10.8. The zero-order chi connectivity index (χ0) is 12.1. The van der Waals surface area contributed by atoms with Crippen LogP contribution in [-0.4, -0.2) is 12.6 Å². The Bertz CT molecular complexity index is 425. The summed E-state index contributed by atoms with van der Waals surface area (Å²) in [5, 5.41) is 3.64. The summed E-state index contributed by atoms with van der Waals surface area (Å²) >= 11 is 0. The Morgan fingerprint density at radius 3 is 2.94 bits per heavy atom. The van der Waals surface area contributed by atoms with E-state index in [9.17, 15) is 0 Å². The topological polar surface area (TPSA) is 12.0 Å². The number of benzene rings is 1. The Morgan fingerprint density at radius 1 is 1.41 bits per heavy atom. The van der Waals surface area contributed by atoms with E-state index in [0.717, 1.165) is 13.0 Å². The van der Waals surface area contributed by atoms with Gasteiger partial charge in [-0.25, -0.2) is 0 Å². The van der Waals surface area contributed by atoms with Gasteiger partial charge in [-0.3, -0.25) is 0 Å². The number of rotatable bonds is 5. The first kappa shape index (κ1) is 12.2. The highest BCUT2D eigenvalue weighted by Gasteiger charge is 2.31. The highest BCUT2D eigenvalue weighted by molar-refractivity contribution is 5.41. The third-order valence-corrected chi connectivity index (χ3v) is 3.54. The Hall–Kier alpha value is -1.26. The van der Waals surface area contributed by atoms with Crippen LogP contribution in [0.5, 0.6) is 0 Å². The van der Waals surface area contributed by atoms with Gasteiger partial charge in [0.05, 0.1) is 0 Å². The van der Waals surface area contributed by atoms with Crippen LogP contribution in [0.25, 0.3) is 0 Å². The Morgan fingerprint density at radius 2 is 2.24 bits per heavy atom. The van der Waals surface area contributed by atoms with E-state index in [1.165, 1.54) is 24.0 Å². The van der Waals surface area contributed by atoms with Gasteiger partial charge in [-0.2, -0.15) is 0 Å². The predicted octanol–water partition coefficient (Wildman–Crippen LogP) is 3.11. The molecule has 0 heterocycles. The minimum atomic E-state index is 0.525. The van der Waals surface area contributed by atoms with Gasteiger partial charge < -0.3 is 5.32 Å². The molecule has 1 aliphatic carbocycles. The van der Waals surface area contributed by atoms with Gasteiger partial charge in [0.1, 0.15) is 0 Å². The second-order valence-electron chi connectivity index (χ2n) is 4.70. The molecule has 0 amide bonds. The molecule has 0 aromatic heterocycles. The van der Waals surface area contributed by atoms with Gasteiger partial charge in [0.15, 0.2) is 0 Å². The monoisotopic (exact) mass is 227 g/mol. The molecule has 1 aromatic carbocycles. The second kappa shape index (κ2) is 5.89. The summed E-state index contributed by atoms with van der Waals surface area (Å²) in [6, 6.07) is 9.32. The van der Waals surface area contributed by atoms with Gasteiger partial charge >= 0.3 is 0 Å². The first-order chi connectivity index (χ1) is 8.36. The molecular formula is C16H21N. The van der Waals surface area contributed by atoms with E-state index in [-0.39, 0.29) is 0 Å². The number of nitrogens with one attached hydrogen (secondary N) is 1. The molecule has 2 unspecified atom stereocenters. The minimum Gasteiger partial charge on any atom is -0.312 e. The predicted molar refractivity (Wildman–Crippen MR) is 73.0 cm³/mol. The third kappa shape index (κ3) is 2.70. The maximum atomic E-state index is 3.64. The van der Waals surface area contributed by atoms with Crippen molar-refractivity contribution in [2.24, 2.45) is 0 Å². The Labute approximate surface area is 105 Å². The average Bonchev–Trinajstić information content (AvgIpc) is 2.33. The molecule has 1 aliphatic rings.